The molecule has 4 N–H and O–H groups in total. The summed E-state index contributed by atoms with van der Waals surface area (Å²) in [6.45, 7) is 6.76. The van der Waals surface area contributed by atoms with Crippen molar-refractivity contribution >= 4 is 23.4 Å². The Morgan fingerprint density at radius 2 is 1.67 bits per heavy atom. The Labute approximate surface area is 174 Å². The van der Waals surface area contributed by atoms with Crippen LogP contribution < -0.4 is 26.8 Å². The number of benzene rings is 1. The van der Waals surface area contributed by atoms with E-state index in [0.717, 1.165) is 5.56 Å². The molecule has 0 saturated heterocycles. The molecular formula is C21H27N3O6. The van der Waals surface area contributed by atoms with Gasteiger partial charge in [-0.1, -0.05) is 30.3 Å². The molecule has 0 unspecified atom stereocenters. The lowest BCUT2D eigenvalue weighted by Crippen LogP contribution is -2.46. The summed E-state index contributed by atoms with van der Waals surface area (Å²) < 4.78 is 5.30. The second kappa shape index (κ2) is 9.43. The summed E-state index contributed by atoms with van der Waals surface area (Å²) in [5.74, 6) is -1.15. The maximum atomic E-state index is 12.2. The lowest BCUT2D eigenvalue weighted by molar-refractivity contribution is -0.137. The van der Waals surface area contributed by atoms with E-state index >= 15 is 0 Å². The Bertz CT molecular complexity index is 958. The van der Waals surface area contributed by atoms with Gasteiger partial charge in [-0.15, -0.1) is 0 Å². The van der Waals surface area contributed by atoms with Crippen molar-refractivity contribution in [3.8, 4) is 0 Å². The van der Waals surface area contributed by atoms with Crippen LogP contribution in [0.4, 0.5) is 16.2 Å². The van der Waals surface area contributed by atoms with Gasteiger partial charge in [0.15, 0.2) is 0 Å². The van der Waals surface area contributed by atoms with E-state index in [1.54, 1.807) is 20.8 Å². The molecule has 0 aliphatic rings. The zero-order chi connectivity index (χ0) is 22.5. The molecule has 2 aromatic rings. The average molecular weight is 417 g/mol. The van der Waals surface area contributed by atoms with E-state index in [2.05, 4.69) is 16.0 Å². The number of alkyl carbamates (subject to hydrolysis) is 1. The lowest BCUT2D eigenvalue weighted by atomic mass is 10.1. The van der Waals surface area contributed by atoms with Crippen molar-refractivity contribution in [3.05, 3.63) is 56.3 Å². The molecule has 0 radical (unpaired) electrons. The molecule has 2 rings (SSSR count). The molecule has 0 aliphatic heterocycles. The fourth-order valence-corrected chi connectivity index (χ4v) is 2.75. The van der Waals surface area contributed by atoms with Crippen LogP contribution in [0.1, 0.15) is 33.3 Å². The van der Waals surface area contributed by atoms with Gasteiger partial charge in [-0.25, -0.2) is 4.79 Å². The number of aliphatic carboxylic acids is 1. The first-order chi connectivity index (χ1) is 14.0. The van der Waals surface area contributed by atoms with Gasteiger partial charge in [0, 0.05) is 6.54 Å². The van der Waals surface area contributed by atoms with Gasteiger partial charge in [0.2, 0.25) is 0 Å². The van der Waals surface area contributed by atoms with Crippen LogP contribution in [-0.4, -0.2) is 41.4 Å². The third kappa shape index (κ3) is 6.33. The molecule has 2 aromatic carbocycles. The topological polar surface area (TPSA) is 134 Å². The van der Waals surface area contributed by atoms with Gasteiger partial charge in [0.25, 0.3) is 10.9 Å². The van der Waals surface area contributed by atoms with Gasteiger partial charge in [0.1, 0.15) is 23.0 Å². The first-order valence-electron chi connectivity index (χ1n) is 9.58. The van der Waals surface area contributed by atoms with Crippen LogP contribution in [0.5, 0.6) is 0 Å². The summed E-state index contributed by atoms with van der Waals surface area (Å²) in [7, 11) is 0. The minimum atomic E-state index is -1.15. The van der Waals surface area contributed by atoms with Crippen LogP contribution in [0.3, 0.4) is 0 Å². The van der Waals surface area contributed by atoms with Crippen molar-refractivity contribution in [3.63, 3.8) is 0 Å². The van der Waals surface area contributed by atoms with Crippen LogP contribution in [-0.2, 0) is 16.0 Å². The molecule has 30 heavy (non-hydrogen) atoms. The fraction of sp³-hybridized carbons (Fsp3) is 0.429. The molecule has 0 spiro atoms. The Hall–Kier alpha value is -3.36. The first kappa shape index (κ1) is 22.9. The van der Waals surface area contributed by atoms with Crippen molar-refractivity contribution in [2.75, 3.05) is 17.2 Å². The molecule has 0 aromatic heterocycles. The maximum absolute atomic E-state index is 12.2. The third-order valence-corrected chi connectivity index (χ3v) is 4.21. The second-order valence-electron chi connectivity index (χ2n) is 8.03. The molecule has 9 nitrogen and oxygen atoms in total. The second-order valence-corrected chi connectivity index (χ2v) is 8.03. The van der Waals surface area contributed by atoms with Gasteiger partial charge in [0.05, 0.1) is 6.04 Å². The zero-order valence-electron chi connectivity index (χ0n) is 17.4. The van der Waals surface area contributed by atoms with Crippen LogP contribution in [0.25, 0.3) is 0 Å². The highest BCUT2D eigenvalue weighted by Crippen LogP contribution is 2.16. The number of ether oxygens (including phenoxy) is 1. The number of carbonyl (C=O) groups is 2. The summed E-state index contributed by atoms with van der Waals surface area (Å²) in [5.41, 5.74) is -1.26. The summed E-state index contributed by atoms with van der Waals surface area (Å²) in [5, 5.41) is 17.2. The molecular weight excluding hydrogens is 390 g/mol. The van der Waals surface area contributed by atoms with Crippen LogP contribution in [0.2, 0.25) is 0 Å². The number of rotatable bonds is 9. The number of hydrogen-bond donors (Lipinski definition) is 4. The molecule has 9 heteroatoms. The highest BCUT2D eigenvalue weighted by Gasteiger charge is 2.26. The van der Waals surface area contributed by atoms with E-state index in [9.17, 15) is 19.2 Å². The molecule has 0 bridgehead atoms. The normalized spacial score (nSPS) is 13.3. The van der Waals surface area contributed by atoms with E-state index in [4.69, 9.17) is 9.84 Å². The molecule has 0 aliphatic carbocycles. The van der Waals surface area contributed by atoms with E-state index in [1.807, 2.05) is 30.3 Å². The number of amides is 1. The third-order valence-electron chi connectivity index (χ3n) is 4.21. The van der Waals surface area contributed by atoms with Crippen LogP contribution >= 0.6 is 0 Å². The molecule has 0 saturated carbocycles. The van der Waals surface area contributed by atoms with E-state index in [-0.39, 0.29) is 17.9 Å². The molecule has 162 valence electrons. The number of nitrogens with one attached hydrogen (secondary N) is 3. The van der Waals surface area contributed by atoms with Crippen molar-refractivity contribution < 1.29 is 19.4 Å². The Balaban J connectivity index is 2.12. The maximum Gasteiger partial charge on any atom is 0.407 e. The van der Waals surface area contributed by atoms with E-state index in [0.29, 0.717) is 6.42 Å². The highest BCUT2D eigenvalue weighted by atomic mass is 16.6. The first-order valence-corrected chi connectivity index (χ1v) is 9.58. The average Bonchev–Trinajstić information content (AvgIpc) is 2.65. The zero-order valence-corrected chi connectivity index (χ0v) is 17.4. The van der Waals surface area contributed by atoms with Gasteiger partial charge in [-0.05, 0) is 39.7 Å². The number of anilines is 2. The number of hydrogen-bond acceptors (Lipinski definition) is 7. The Morgan fingerprint density at radius 1 is 1.07 bits per heavy atom. The van der Waals surface area contributed by atoms with Crippen molar-refractivity contribution in [1.82, 2.24) is 5.32 Å². The minimum Gasteiger partial charge on any atom is -0.480 e. The van der Waals surface area contributed by atoms with Gasteiger partial charge >= 0.3 is 12.1 Å². The predicted octanol–water partition coefficient (Wildman–Crippen LogP) is 1.72. The smallest absolute Gasteiger partial charge is 0.407 e. The SMILES string of the molecule is C[C@H](Nc1c(NC[C@H](Cc2ccccc2)NC(=O)OC(C)(C)C)c(=O)c1=O)C(=O)O. The Morgan fingerprint density at radius 3 is 2.23 bits per heavy atom. The van der Waals surface area contributed by atoms with Gasteiger partial charge < -0.3 is 25.8 Å². The summed E-state index contributed by atoms with van der Waals surface area (Å²) in [6, 6.07) is 7.96. The molecule has 0 heterocycles. The standard InChI is InChI=1S/C21H27N3O6/c1-12(19(27)28)23-16-15(17(25)18(16)26)22-11-14(10-13-8-6-5-7-9-13)24-20(29)30-21(2,3)4/h5-9,12,14,22-23H,10-11H2,1-4H3,(H,24,29)(H,27,28)/t12-,14-/m0/s1. The predicted molar refractivity (Wildman–Crippen MR) is 114 cm³/mol. The van der Waals surface area contributed by atoms with Crippen LogP contribution in [0.15, 0.2) is 39.9 Å². The monoisotopic (exact) mass is 417 g/mol. The number of carbonyl (C=O) groups excluding carboxylic acids is 1. The largest absolute Gasteiger partial charge is 0.480 e. The van der Waals surface area contributed by atoms with Crippen molar-refractivity contribution in [2.24, 2.45) is 0 Å². The quantitative estimate of drug-likeness (QED) is 0.453. The summed E-state index contributed by atoms with van der Waals surface area (Å²) >= 11 is 0. The lowest BCUT2D eigenvalue weighted by Gasteiger charge is -2.25. The number of carboxylic acids is 1. The Kier molecular flexibility index (Phi) is 7.20. The molecule has 2 atom stereocenters. The van der Waals surface area contributed by atoms with E-state index in [1.165, 1.54) is 6.92 Å². The summed E-state index contributed by atoms with van der Waals surface area (Å²) in [6.07, 6.45) is -0.148. The molecule has 1 amide bonds. The summed E-state index contributed by atoms with van der Waals surface area (Å²) in [4.78, 5) is 47.0. The fourth-order valence-electron chi connectivity index (χ4n) is 2.75. The van der Waals surface area contributed by atoms with E-state index < -0.39 is 40.6 Å². The number of carboxylic acid groups (broad SMARTS) is 1. The molecule has 0 fully saturated rings. The van der Waals surface area contributed by atoms with Gasteiger partial charge in [-0.3, -0.25) is 14.4 Å². The minimum absolute atomic E-state index is 0.0113. The van der Waals surface area contributed by atoms with Gasteiger partial charge in [-0.2, -0.15) is 0 Å². The highest BCUT2D eigenvalue weighted by molar-refractivity contribution is 5.82. The van der Waals surface area contributed by atoms with Crippen LogP contribution in [0, 0.1) is 0 Å². The van der Waals surface area contributed by atoms with Crippen molar-refractivity contribution in [2.45, 2.75) is 51.8 Å². The van der Waals surface area contributed by atoms with Crippen molar-refractivity contribution in [1.29, 1.82) is 0 Å².